The molecule has 0 aliphatic carbocycles. The standard InChI is InChI=1S/C25H35N3O4S/c1-7-28(8-2)20-13-12-19(14-17(20)6)26-25(33)27-24(29)18-15-21(30-9-3)23(32-11-5)22(16-18)31-10-4/h12-16H,7-11H2,1-6H3,(H2,26,27,29,33). The maximum Gasteiger partial charge on any atom is 0.257 e. The second-order valence-electron chi connectivity index (χ2n) is 7.18. The first-order chi connectivity index (χ1) is 15.9. The summed E-state index contributed by atoms with van der Waals surface area (Å²) in [5.74, 6) is 1.03. The number of aryl methyl sites for hydroxylation is 1. The molecule has 2 N–H and O–H groups in total. The predicted octanol–water partition coefficient (Wildman–Crippen LogP) is 5.16. The van der Waals surface area contributed by atoms with Crippen molar-refractivity contribution in [2.45, 2.75) is 41.5 Å². The Morgan fingerprint density at radius 1 is 0.909 bits per heavy atom. The SMILES string of the molecule is CCOc1cc(C(=O)NC(=S)Nc2ccc(N(CC)CC)c(C)c2)cc(OCC)c1OCC. The monoisotopic (exact) mass is 473 g/mol. The molecule has 0 spiro atoms. The molecule has 33 heavy (non-hydrogen) atoms. The number of anilines is 2. The van der Waals surface area contributed by atoms with Crippen molar-refractivity contribution in [3.63, 3.8) is 0 Å². The quantitative estimate of drug-likeness (QED) is 0.437. The van der Waals surface area contributed by atoms with Crippen molar-refractivity contribution >= 4 is 34.6 Å². The van der Waals surface area contributed by atoms with Gasteiger partial charge in [0.05, 0.1) is 19.8 Å². The molecule has 0 saturated carbocycles. The molecule has 7 nitrogen and oxygen atoms in total. The molecule has 0 saturated heterocycles. The molecule has 0 aliphatic heterocycles. The van der Waals surface area contributed by atoms with Crippen LogP contribution in [0, 0.1) is 6.92 Å². The van der Waals surface area contributed by atoms with E-state index < -0.39 is 0 Å². The van der Waals surface area contributed by atoms with Crippen molar-refractivity contribution in [1.82, 2.24) is 5.32 Å². The van der Waals surface area contributed by atoms with Gasteiger partial charge in [0, 0.05) is 30.0 Å². The van der Waals surface area contributed by atoms with Gasteiger partial charge in [-0.2, -0.15) is 0 Å². The maximum atomic E-state index is 12.9. The van der Waals surface area contributed by atoms with Gasteiger partial charge in [0.25, 0.3) is 5.91 Å². The number of carbonyl (C=O) groups excluding carboxylic acids is 1. The topological polar surface area (TPSA) is 72.1 Å². The summed E-state index contributed by atoms with van der Waals surface area (Å²) in [4.78, 5) is 15.2. The molecule has 0 bridgehead atoms. The Labute approximate surface area is 202 Å². The van der Waals surface area contributed by atoms with Crippen LogP contribution in [0.2, 0.25) is 0 Å². The summed E-state index contributed by atoms with van der Waals surface area (Å²) >= 11 is 5.38. The molecule has 0 radical (unpaired) electrons. The summed E-state index contributed by atoms with van der Waals surface area (Å²) in [6.07, 6.45) is 0. The zero-order chi connectivity index (χ0) is 24.4. The highest BCUT2D eigenvalue weighted by molar-refractivity contribution is 7.80. The molecule has 2 aromatic carbocycles. The van der Waals surface area contributed by atoms with Crippen molar-refractivity contribution in [2.24, 2.45) is 0 Å². The van der Waals surface area contributed by atoms with Crippen molar-refractivity contribution in [3.05, 3.63) is 41.5 Å². The summed E-state index contributed by atoms with van der Waals surface area (Å²) in [5.41, 5.74) is 3.49. The molecule has 180 valence electrons. The van der Waals surface area contributed by atoms with Gasteiger partial charge in [-0.3, -0.25) is 10.1 Å². The predicted molar refractivity (Wildman–Crippen MR) is 138 cm³/mol. The number of ether oxygens (including phenoxy) is 3. The summed E-state index contributed by atoms with van der Waals surface area (Å²) < 4.78 is 17.1. The number of nitrogens with one attached hydrogen (secondary N) is 2. The second-order valence-corrected chi connectivity index (χ2v) is 7.59. The molecule has 8 heteroatoms. The van der Waals surface area contributed by atoms with E-state index in [2.05, 4.69) is 42.4 Å². The lowest BCUT2D eigenvalue weighted by Crippen LogP contribution is -2.34. The van der Waals surface area contributed by atoms with Crippen LogP contribution in [0.15, 0.2) is 30.3 Å². The number of benzene rings is 2. The Kier molecular flexibility index (Phi) is 10.3. The summed E-state index contributed by atoms with van der Waals surface area (Å²) in [7, 11) is 0. The molecule has 0 aliphatic rings. The number of carbonyl (C=O) groups is 1. The Morgan fingerprint density at radius 2 is 1.48 bits per heavy atom. The van der Waals surface area contributed by atoms with Crippen LogP contribution in [0.1, 0.15) is 50.5 Å². The summed E-state index contributed by atoms with van der Waals surface area (Å²) in [5, 5.41) is 6.03. The van der Waals surface area contributed by atoms with E-state index in [0.29, 0.717) is 42.6 Å². The Balaban J connectivity index is 2.18. The summed E-state index contributed by atoms with van der Waals surface area (Å²) in [6.45, 7) is 15.1. The minimum absolute atomic E-state index is 0.208. The van der Waals surface area contributed by atoms with Crippen molar-refractivity contribution in [1.29, 1.82) is 0 Å². The average Bonchev–Trinajstić information content (AvgIpc) is 2.78. The van der Waals surface area contributed by atoms with Gasteiger partial charge in [-0.25, -0.2) is 0 Å². The smallest absolute Gasteiger partial charge is 0.257 e. The first kappa shape index (κ1) is 26.3. The lowest BCUT2D eigenvalue weighted by Gasteiger charge is -2.23. The van der Waals surface area contributed by atoms with E-state index in [1.807, 2.05) is 32.9 Å². The second kappa shape index (κ2) is 12.9. The third kappa shape index (κ3) is 6.99. The Morgan fingerprint density at radius 3 is 1.97 bits per heavy atom. The number of thiocarbonyl (C=S) groups is 1. The van der Waals surface area contributed by atoms with E-state index >= 15 is 0 Å². The van der Waals surface area contributed by atoms with Crippen molar-refractivity contribution in [3.8, 4) is 17.2 Å². The number of amides is 1. The molecule has 0 heterocycles. The van der Waals surface area contributed by atoms with E-state index in [1.54, 1.807) is 12.1 Å². The van der Waals surface area contributed by atoms with Gasteiger partial charge >= 0.3 is 0 Å². The van der Waals surface area contributed by atoms with Crippen LogP contribution in [-0.2, 0) is 0 Å². The normalized spacial score (nSPS) is 10.4. The zero-order valence-electron chi connectivity index (χ0n) is 20.4. The van der Waals surface area contributed by atoms with Gasteiger partial charge in [0.2, 0.25) is 5.75 Å². The van der Waals surface area contributed by atoms with E-state index in [1.165, 1.54) is 5.69 Å². The number of hydrogen-bond donors (Lipinski definition) is 2. The van der Waals surface area contributed by atoms with Gasteiger partial charge in [-0.15, -0.1) is 0 Å². The van der Waals surface area contributed by atoms with Gasteiger partial charge in [0.1, 0.15) is 0 Å². The zero-order valence-corrected chi connectivity index (χ0v) is 21.2. The van der Waals surface area contributed by atoms with Crippen LogP contribution in [0.4, 0.5) is 11.4 Å². The lowest BCUT2D eigenvalue weighted by molar-refractivity contribution is 0.0976. The fourth-order valence-corrected chi connectivity index (χ4v) is 3.72. The van der Waals surface area contributed by atoms with Crippen molar-refractivity contribution in [2.75, 3.05) is 43.1 Å². The number of hydrogen-bond acceptors (Lipinski definition) is 6. The highest BCUT2D eigenvalue weighted by atomic mass is 32.1. The number of nitrogens with zero attached hydrogens (tertiary/aromatic N) is 1. The third-order valence-corrected chi connectivity index (χ3v) is 5.16. The van der Waals surface area contributed by atoms with Crippen LogP contribution in [-0.4, -0.2) is 43.9 Å². The molecular weight excluding hydrogens is 438 g/mol. The Hall–Kier alpha value is -3.00. The molecule has 0 aromatic heterocycles. The van der Waals surface area contributed by atoms with Crippen LogP contribution < -0.4 is 29.7 Å². The fourth-order valence-electron chi connectivity index (χ4n) is 3.51. The van der Waals surface area contributed by atoms with E-state index in [9.17, 15) is 4.79 Å². The summed E-state index contributed by atoms with van der Waals surface area (Å²) in [6, 6.07) is 9.31. The minimum atomic E-state index is -0.367. The van der Waals surface area contributed by atoms with Gasteiger partial charge in [-0.1, -0.05) is 0 Å². The largest absolute Gasteiger partial charge is 0.490 e. The van der Waals surface area contributed by atoms with E-state index in [4.69, 9.17) is 26.4 Å². The molecule has 0 atom stereocenters. The first-order valence-corrected chi connectivity index (χ1v) is 11.8. The highest BCUT2D eigenvalue weighted by Gasteiger charge is 2.19. The molecular formula is C25H35N3O4S. The van der Waals surface area contributed by atoms with E-state index in [-0.39, 0.29) is 11.0 Å². The van der Waals surface area contributed by atoms with E-state index in [0.717, 1.165) is 24.3 Å². The van der Waals surface area contributed by atoms with Crippen LogP contribution >= 0.6 is 12.2 Å². The van der Waals surface area contributed by atoms with Crippen molar-refractivity contribution < 1.29 is 19.0 Å². The van der Waals surface area contributed by atoms with Crippen LogP contribution in [0.25, 0.3) is 0 Å². The third-order valence-electron chi connectivity index (χ3n) is 4.96. The molecule has 2 aromatic rings. The fraction of sp³-hybridized carbons (Fsp3) is 0.440. The van der Waals surface area contributed by atoms with Gasteiger partial charge < -0.3 is 24.4 Å². The highest BCUT2D eigenvalue weighted by Crippen LogP contribution is 2.39. The maximum absolute atomic E-state index is 12.9. The first-order valence-electron chi connectivity index (χ1n) is 11.4. The lowest BCUT2D eigenvalue weighted by atomic mass is 10.1. The molecule has 2 rings (SSSR count). The molecule has 0 fully saturated rings. The van der Waals surface area contributed by atoms with Crippen LogP contribution in [0.5, 0.6) is 17.2 Å². The van der Waals surface area contributed by atoms with Gasteiger partial charge in [0.15, 0.2) is 16.6 Å². The van der Waals surface area contributed by atoms with Gasteiger partial charge in [-0.05, 0) is 89.7 Å². The Bertz CT molecular complexity index is 934. The van der Waals surface area contributed by atoms with Crippen LogP contribution in [0.3, 0.4) is 0 Å². The molecule has 0 unspecified atom stereocenters. The minimum Gasteiger partial charge on any atom is -0.490 e. The molecule has 1 amide bonds. The average molecular weight is 474 g/mol. The number of rotatable bonds is 11.